The minimum Gasteiger partial charge on any atom is -0.449 e. The normalized spacial score (nSPS) is 16.2. The summed E-state index contributed by atoms with van der Waals surface area (Å²) in [5.41, 5.74) is 1.62. The van der Waals surface area contributed by atoms with E-state index in [2.05, 4.69) is 5.32 Å². The zero-order chi connectivity index (χ0) is 22.4. The van der Waals surface area contributed by atoms with Gasteiger partial charge in [0.1, 0.15) is 0 Å². The molecule has 2 aromatic rings. The minimum absolute atomic E-state index is 0.0564. The summed E-state index contributed by atoms with van der Waals surface area (Å²) >= 11 is 0. The van der Waals surface area contributed by atoms with Crippen LogP contribution in [0.4, 0.5) is 5.69 Å². The topological polar surface area (TPSA) is 92.8 Å². The van der Waals surface area contributed by atoms with Crippen LogP contribution < -0.4 is 5.32 Å². The fraction of sp³-hybridized carbons (Fsp3) is 0.391. The lowest BCUT2D eigenvalue weighted by Gasteiger charge is -2.20. The number of sulfonamides is 1. The molecule has 0 aliphatic carbocycles. The zero-order valence-corrected chi connectivity index (χ0v) is 18.7. The molecule has 1 heterocycles. The summed E-state index contributed by atoms with van der Waals surface area (Å²) in [4.78, 5) is 25.0. The molecule has 166 valence electrons. The van der Waals surface area contributed by atoms with E-state index in [0.717, 1.165) is 31.2 Å². The number of hydrogen-bond donors (Lipinski definition) is 1. The molecule has 1 N–H and O–H groups in total. The number of esters is 1. The highest BCUT2D eigenvalue weighted by Crippen LogP contribution is 2.22. The number of carbonyl (C=O) groups excluding carboxylic acids is 2. The SMILES string of the molecule is Cc1ccccc1NC(=O)[C@@H](C)OC(=O)c1cccc(S(=O)(=O)N2CCCCCC2)c1. The van der Waals surface area contributed by atoms with Crippen molar-refractivity contribution in [3.63, 3.8) is 0 Å². The molecular weight excluding hydrogens is 416 g/mol. The Labute approximate surface area is 183 Å². The van der Waals surface area contributed by atoms with Gasteiger partial charge in [-0.3, -0.25) is 4.79 Å². The Hall–Kier alpha value is -2.71. The molecule has 8 heteroatoms. The maximum Gasteiger partial charge on any atom is 0.338 e. The molecule has 1 atom stereocenters. The predicted molar refractivity (Wildman–Crippen MR) is 118 cm³/mol. The molecule has 0 saturated carbocycles. The van der Waals surface area contributed by atoms with Gasteiger partial charge in [-0.1, -0.05) is 37.1 Å². The largest absolute Gasteiger partial charge is 0.449 e. The van der Waals surface area contributed by atoms with Gasteiger partial charge in [0.05, 0.1) is 10.5 Å². The lowest BCUT2D eigenvalue weighted by Crippen LogP contribution is -2.32. The second kappa shape index (κ2) is 10.1. The molecular formula is C23H28N2O5S. The molecule has 1 amide bonds. The Morgan fingerprint density at radius 2 is 1.68 bits per heavy atom. The summed E-state index contributed by atoms with van der Waals surface area (Å²) in [6, 6.07) is 13.1. The molecule has 7 nitrogen and oxygen atoms in total. The van der Waals surface area contributed by atoms with Gasteiger partial charge in [0.25, 0.3) is 5.91 Å². The quantitative estimate of drug-likeness (QED) is 0.685. The number of hydrogen-bond acceptors (Lipinski definition) is 5. The molecule has 3 rings (SSSR count). The molecule has 0 unspecified atom stereocenters. The molecule has 31 heavy (non-hydrogen) atoms. The number of rotatable bonds is 6. The second-order valence-electron chi connectivity index (χ2n) is 7.70. The number of nitrogens with zero attached hydrogens (tertiary/aromatic N) is 1. The number of carbonyl (C=O) groups is 2. The minimum atomic E-state index is -3.69. The van der Waals surface area contributed by atoms with E-state index in [-0.39, 0.29) is 10.5 Å². The number of nitrogens with one attached hydrogen (secondary N) is 1. The van der Waals surface area contributed by atoms with Gasteiger partial charge in [0.15, 0.2) is 6.10 Å². The Morgan fingerprint density at radius 1 is 1.00 bits per heavy atom. The highest BCUT2D eigenvalue weighted by molar-refractivity contribution is 7.89. The fourth-order valence-corrected chi connectivity index (χ4v) is 5.01. The standard InChI is InChI=1S/C23H28N2O5S/c1-17-10-5-6-13-21(17)24-22(26)18(2)30-23(27)19-11-9-12-20(16-19)31(28,29)25-14-7-3-4-8-15-25/h5-6,9-13,16,18H,3-4,7-8,14-15H2,1-2H3,(H,24,26)/t18-/m1/s1. The summed E-state index contributed by atoms with van der Waals surface area (Å²) < 4.78 is 32.7. The van der Waals surface area contributed by atoms with E-state index in [1.54, 1.807) is 12.1 Å². The van der Waals surface area contributed by atoms with E-state index in [1.165, 1.54) is 35.5 Å². The van der Waals surface area contributed by atoms with Crippen LogP contribution in [0.2, 0.25) is 0 Å². The highest BCUT2D eigenvalue weighted by atomic mass is 32.2. The molecule has 1 aliphatic rings. The van der Waals surface area contributed by atoms with E-state index in [4.69, 9.17) is 4.74 Å². The van der Waals surface area contributed by atoms with Gasteiger partial charge in [-0.05, 0) is 56.5 Å². The molecule has 0 bridgehead atoms. The van der Waals surface area contributed by atoms with E-state index in [1.807, 2.05) is 19.1 Å². The molecule has 0 spiro atoms. The number of amides is 1. The number of aryl methyl sites for hydroxylation is 1. The van der Waals surface area contributed by atoms with Gasteiger partial charge in [0, 0.05) is 18.8 Å². The average Bonchev–Trinajstić information content (AvgIpc) is 3.05. The van der Waals surface area contributed by atoms with Gasteiger partial charge >= 0.3 is 5.97 Å². The van der Waals surface area contributed by atoms with Gasteiger partial charge in [0.2, 0.25) is 10.0 Å². The first-order valence-electron chi connectivity index (χ1n) is 10.5. The van der Waals surface area contributed by atoms with Crippen LogP contribution in [0.5, 0.6) is 0 Å². The van der Waals surface area contributed by atoms with Gasteiger partial charge in [-0.25, -0.2) is 13.2 Å². The highest BCUT2D eigenvalue weighted by Gasteiger charge is 2.26. The third kappa shape index (κ3) is 5.71. The lowest BCUT2D eigenvalue weighted by atomic mass is 10.2. The molecule has 2 aromatic carbocycles. The van der Waals surface area contributed by atoms with Crippen LogP contribution in [0.15, 0.2) is 53.4 Å². The number of para-hydroxylation sites is 1. The van der Waals surface area contributed by atoms with Crippen molar-refractivity contribution in [2.75, 3.05) is 18.4 Å². The van der Waals surface area contributed by atoms with Gasteiger partial charge < -0.3 is 10.1 Å². The Balaban J connectivity index is 1.69. The Bertz CT molecular complexity index is 1040. The Morgan fingerprint density at radius 3 is 2.35 bits per heavy atom. The third-order valence-corrected chi connectivity index (χ3v) is 7.22. The molecule has 1 fully saturated rings. The Kier molecular flexibility index (Phi) is 7.46. The zero-order valence-electron chi connectivity index (χ0n) is 17.8. The van der Waals surface area contributed by atoms with Crippen molar-refractivity contribution < 1.29 is 22.7 Å². The van der Waals surface area contributed by atoms with Crippen LogP contribution in [-0.4, -0.2) is 43.8 Å². The van der Waals surface area contributed by atoms with Crippen molar-refractivity contribution in [3.05, 3.63) is 59.7 Å². The molecule has 1 saturated heterocycles. The van der Waals surface area contributed by atoms with Crippen molar-refractivity contribution in [1.82, 2.24) is 4.31 Å². The van der Waals surface area contributed by atoms with Crippen LogP contribution in [-0.2, 0) is 19.6 Å². The predicted octanol–water partition coefficient (Wildman–Crippen LogP) is 3.74. The summed E-state index contributed by atoms with van der Waals surface area (Å²) in [5.74, 6) is -1.21. The fourth-order valence-electron chi connectivity index (χ4n) is 3.44. The van der Waals surface area contributed by atoms with Gasteiger partial charge in [-0.2, -0.15) is 4.31 Å². The maximum atomic E-state index is 13.0. The van der Waals surface area contributed by atoms with Crippen molar-refractivity contribution in [2.45, 2.75) is 50.5 Å². The molecule has 0 radical (unpaired) electrons. The maximum absolute atomic E-state index is 13.0. The van der Waals surface area contributed by atoms with E-state index in [9.17, 15) is 18.0 Å². The van der Waals surface area contributed by atoms with E-state index >= 15 is 0 Å². The number of benzene rings is 2. The molecule has 1 aliphatic heterocycles. The first kappa shape index (κ1) is 23.0. The monoisotopic (exact) mass is 444 g/mol. The van der Waals surface area contributed by atoms with Crippen molar-refractivity contribution in [1.29, 1.82) is 0 Å². The van der Waals surface area contributed by atoms with E-state index < -0.39 is 28.0 Å². The first-order valence-corrected chi connectivity index (χ1v) is 11.9. The summed E-state index contributed by atoms with van der Waals surface area (Å²) in [5, 5.41) is 2.73. The van der Waals surface area contributed by atoms with Crippen LogP contribution >= 0.6 is 0 Å². The van der Waals surface area contributed by atoms with Crippen molar-refractivity contribution in [2.24, 2.45) is 0 Å². The lowest BCUT2D eigenvalue weighted by molar-refractivity contribution is -0.123. The van der Waals surface area contributed by atoms with Crippen molar-refractivity contribution >= 4 is 27.6 Å². The number of anilines is 1. The third-order valence-electron chi connectivity index (χ3n) is 5.33. The first-order chi connectivity index (χ1) is 14.8. The van der Waals surface area contributed by atoms with Gasteiger partial charge in [-0.15, -0.1) is 0 Å². The molecule has 0 aromatic heterocycles. The van der Waals surface area contributed by atoms with Crippen LogP contribution in [0.3, 0.4) is 0 Å². The second-order valence-corrected chi connectivity index (χ2v) is 9.64. The average molecular weight is 445 g/mol. The van der Waals surface area contributed by atoms with E-state index in [0.29, 0.717) is 18.8 Å². The van der Waals surface area contributed by atoms with Crippen molar-refractivity contribution in [3.8, 4) is 0 Å². The van der Waals surface area contributed by atoms with Crippen LogP contribution in [0.1, 0.15) is 48.5 Å². The smallest absolute Gasteiger partial charge is 0.338 e. The summed E-state index contributed by atoms with van der Waals surface area (Å²) in [7, 11) is -3.69. The number of ether oxygens (including phenoxy) is 1. The summed E-state index contributed by atoms with van der Waals surface area (Å²) in [6.07, 6.45) is 2.64. The summed E-state index contributed by atoms with van der Waals surface area (Å²) in [6.45, 7) is 4.30. The van der Waals surface area contributed by atoms with Crippen LogP contribution in [0.25, 0.3) is 0 Å². The van der Waals surface area contributed by atoms with Crippen LogP contribution in [0, 0.1) is 6.92 Å².